The highest BCUT2D eigenvalue weighted by atomic mass is 16.6. The summed E-state index contributed by atoms with van der Waals surface area (Å²) in [4.78, 5) is 15.6. The normalized spacial score (nSPS) is 24.1. The molecular weight excluding hydrogens is 326 g/mol. The van der Waals surface area contributed by atoms with Crippen molar-refractivity contribution in [3.63, 3.8) is 0 Å². The topological polar surface area (TPSA) is 66.2 Å². The van der Waals surface area contributed by atoms with Crippen LogP contribution in [0.25, 0.3) is 10.9 Å². The molecule has 26 heavy (non-hydrogen) atoms. The largest absolute Gasteiger partial charge is 0.412 e. The van der Waals surface area contributed by atoms with Crippen molar-refractivity contribution in [1.82, 2.24) is 15.6 Å². The number of ether oxygens (including phenoxy) is 1. The average molecular weight is 347 g/mol. The highest BCUT2D eigenvalue weighted by Crippen LogP contribution is 2.40. The fraction of sp³-hybridized carbons (Fsp3) is 0.286. The van der Waals surface area contributed by atoms with Crippen LogP contribution in [-0.4, -0.2) is 29.7 Å². The number of para-hydroxylation sites is 1. The zero-order chi connectivity index (χ0) is 17.5. The van der Waals surface area contributed by atoms with Crippen molar-refractivity contribution in [1.29, 1.82) is 0 Å². The van der Waals surface area contributed by atoms with Gasteiger partial charge in [-0.3, -0.25) is 0 Å². The number of hydrogen-bond donors (Lipinski definition) is 3. The second-order valence-corrected chi connectivity index (χ2v) is 7.19. The molecule has 5 rings (SSSR count). The molecule has 1 aliphatic heterocycles. The molecule has 2 aliphatic rings. The number of aromatic nitrogens is 1. The van der Waals surface area contributed by atoms with E-state index in [9.17, 15) is 4.79 Å². The predicted octanol–water partition coefficient (Wildman–Crippen LogP) is 3.33. The Balaban J connectivity index is 1.32. The summed E-state index contributed by atoms with van der Waals surface area (Å²) < 4.78 is 5.37. The van der Waals surface area contributed by atoms with Gasteiger partial charge >= 0.3 is 6.09 Å². The molecule has 3 aromatic rings. The van der Waals surface area contributed by atoms with Crippen LogP contribution < -0.4 is 15.4 Å². The summed E-state index contributed by atoms with van der Waals surface area (Å²) in [5.74, 6) is 0.962. The van der Waals surface area contributed by atoms with Gasteiger partial charge in [-0.05, 0) is 42.2 Å². The van der Waals surface area contributed by atoms with Crippen LogP contribution in [-0.2, 0) is 6.42 Å². The summed E-state index contributed by atoms with van der Waals surface area (Å²) in [5, 5.41) is 8.01. The Bertz CT molecular complexity index is 950. The van der Waals surface area contributed by atoms with Crippen LogP contribution in [0.3, 0.4) is 0 Å². The van der Waals surface area contributed by atoms with Crippen molar-refractivity contribution < 1.29 is 9.53 Å². The molecule has 0 bridgehead atoms. The Morgan fingerprint density at radius 2 is 2.00 bits per heavy atom. The summed E-state index contributed by atoms with van der Waals surface area (Å²) in [6.45, 7) is 0.765. The van der Waals surface area contributed by atoms with Crippen LogP contribution >= 0.6 is 0 Å². The lowest BCUT2D eigenvalue weighted by molar-refractivity contribution is 0.188. The summed E-state index contributed by atoms with van der Waals surface area (Å²) in [7, 11) is 0. The van der Waals surface area contributed by atoms with Gasteiger partial charge in [0.15, 0.2) is 0 Å². The lowest BCUT2D eigenvalue weighted by atomic mass is 9.75. The SMILES string of the molecule is O=C(NC1CN[C@@H]2Cc3c[nH]c4cccc(c34)[C@H]2C1)Oc1ccccc1. The standard InChI is InChI=1S/C21H21N3O2/c25-21(26-15-5-2-1-3-6-15)24-14-10-17-16-7-4-8-18-20(16)13(11-22-18)9-19(17)23-12-14/h1-8,11,14,17,19,22-23H,9-10,12H2,(H,24,25)/t14?,17-,19-/m1/s1. The maximum atomic E-state index is 12.2. The molecule has 0 saturated carbocycles. The fourth-order valence-corrected chi connectivity index (χ4v) is 4.44. The smallest absolute Gasteiger partial charge is 0.410 e. The highest BCUT2D eigenvalue weighted by molar-refractivity contribution is 5.88. The third-order valence-corrected chi connectivity index (χ3v) is 5.59. The minimum Gasteiger partial charge on any atom is -0.410 e. The Hall–Kier alpha value is -2.79. The first-order chi connectivity index (χ1) is 12.8. The van der Waals surface area contributed by atoms with E-state index in [1.54, 1.807) is 12.1 Å². The van der Waals surface area contributed by atoms with Gasteiger partial charge in [-0.1, -0.05) is 30.3 Å². The summed E-state index contributed by atoms with van der Waals surface area (Å²) in [5.41, 5.74) is 3.97. The first kappa shape index (κ1) is 15.5. The van der Waals surface area contributed by atoms with Gasteiger partial charge in [0.05, 0.1) is 0 Å². The van der Waals surface area contributed by atoms with Crippen LogP contribution in [0.4, 0.5) is 4.79 Å². The van der Waals surface area contributed by atoms with E-state index in [0.717, 1.165) is 19.4 Å². The first-order valence-electron chi connectivity index (χ1n) is 9.13. The third kappa shape index (κ3) is 2.65. The number of nitrogens with one attached hydrogen (secondary N) is 3. The van der Waals surface area contributed by atoms with Crippen molar-refractivity contribution >= 4 is 17.0 Å². The minimum atomic E-state index is -0.391. The van der Waals surface area contributed by atoms with Crippen molar-refractivity contribution in [2.24, 2.45) is 0 Å². The number of amides is 1. The van der Waals surface area contributed by atoms with E-state index < -0.39 is 6.09 Å². The quantitative estimate of drug-likeness (QED) is 0.666. The Kier molecular flexibility index (Phi) is 3.68. The number of hydrogen-bond acceptors (Lipinski definition) is 3. The molecule has 0 radical (unpaired) electrons. The molecule has 5 nitrogen and oxygen atoms in total. The fourth-order valence-electron chi connectivity index (χ4n) is 4.44. The van der Waals surface area contributed by atoms with E-state index >= 15 is 0 Å². The number of piperidine rings is 1. The van der Waals surface area contributed by atoms with Crippen LogP contribution in [0.2, 0.25) is 0 Å². The van der Waals surface area contributed by atoms with E-state index in [0.29, 0.717) is 17.7 Å². The second kappa shape index (κ2) is 6.18. The molecule has 2 aromatic carbocycles. The Morgan fingerprint density at radius 3 is 2.88 bits per heavy atom. The number of fused-ring (bicyclic) bond motifs is 2. The molecule has 1 aliphatic carbocycles. The third-order valence-electron chi connectivity index (χ3n) is 5.59. The number of benzene rings is 2. The minimum absolute atomic E-state index is 0.0585. The van der Waals surface area contributed by atoms with Gasteiger partial charge in [-0.25, -0.2) is 4.79 Å². The van der Waals surface area contributed by atoms with Gasteiger partial charge in [0.2, 0.25) is 0 Å². The molecule has 5 heteroatoms. The summed E-state index contributed by atoms with van der Waals surface area (Å²) in [6, 6.07) is 16.1. The molecule has 132 valence electrons. The van der Waals surface area contributed by atoms with Crippen LogP contribution in [0.5, 0.6) is 5.75 Å². The number of aromatic amines is 1. The van der Waals surface area contributed by atoms with E-state index in [4.69, 9.17) is 4.74 Å². The van der Waals surface area contributed by atoms with Gasteiger partial charge in [-0.15, -0.1) is 0 Å². The Labute approximate surface area is 151 Å². The van der Waals surface area contributed by atoms with Gasteiger partial charge in [0.1, 0.15) is 5.75 Å². The summed E-state index contributed by atoms with van der Waals surface area (Å²) >= 11 is 0. The molecule has 1 aromatic heterocycles. The van der Waals surface area contributed by atoms with E-state index in [1.807, 2.05) is 18.2 Å². The average Bonchev–Trinajstić information content (AvgIpc) is 3.07. The zero-order valence-electron chi connectivity index (χ0n) is 14.4. The first-order valence-corrected chi connectivity index (χ1v) is 9.13. The van der Waals surface area contributed by atoms with E-state index in [1.165, 1.54) is 22.0 Å². The number of carbonyl (C=O) groups excluding carboxylic acids is 1. The Morgan fingerprint density at radius 1 is 1.12 bits per heavy atom. The number of carbonyl (C=O) groups is 1. The van der Waals surface area contributed by atoms with Gasteiger partial charge in [0.25, 0.3) is 0 Å². The van der Waals surface area contributed by atoms with Gasteiger partial charge in [0, 0.05) is 41.6 Å². The predicted molar refractivity (Wildman–Crippen MR) is 101 cm³/mol. The van der Waals surface area contributed by atoms with Crippen molar-refractivity contribution in [3.05, 3.63) is 65.9 Å². The van der Waals surface area contributed by atoms with Crippen molar-refractivity contribution in [2.45, 2.75) is 30.8 Å². The molecule has 1 amide bonds. The molecule has 3 N–H and O–H groups in total. The highest BCUT2D eigenvalue weighted by Gasteiger charge is 2.36. The lowest BCUT2D eigenvalue weighted by Crippen LogP contribution is -2.54. The van der Waals surface area contributed by atoms with E-state index in [2.05, 4.69) is 40.0 Å². The second-order valence-electron chi connectivity index (χ2n) is 7.19. The molecule has 0 spiro atoms. The molecular formula is C21H21N3O2. The van der Waals surface area contributed by atoms with Crippen LogP contribution in [0, 0.1) is 0 Å². The monoisotopic (exact) mass is 347 g/mol. The number of rotatable bonds is 2. The van der Waals surface area contributed by atoms with Crippen molar-refractivity contribution in [2.75, 3.05) is 6.54 Å². The van der Waals surface area contributed by atoms with Gasteiger partial charge < -0.3 is 20.4 Å². The zero-order valence-corrected chi connectivity index (χ0v) is 14.4. The maximum absolute atomic E-state index is 12.2. The number of H-pyrrole nitrogens is 1. The maximum Gasteiger partial charge on any atom is 0.412 e. The molecule has 1 saturated heterocycles. The van der Waals surface area contributed by atoms with Gasteiger partial charge in [-0.2, -0.15) is 0 Å². The van der Waals surface area contributed by atoms with E-state index in [-0.39, 0.29) is 6.04 Å². The van der Waals surface area contributed by atoms with Crippen LogP contribution in [0.15, 0.2) is 54.7 Å². The molecule has 1 unspecified atom stereocenters. The molecule has 3 atom stereocenters. The van der Waals surface area contributed by atoms with Crippen LogP contribution in [0.1, 0.15) is 23.5 Å². The van der Waals surface area contributed by atoms with Crippen molar-refractivity contribution in [3.8, 4) is 5.75 Å². The lowest BCUT2D eigenvalue weighted by Gasteiger charge is -2.40. The molecule has 2 heterocycles. The summed E-state index contributed by atoms with van der Waals surface area (Å²) in [6.07, 6.45) is 3.69. The molecule has 1 fully saturated rings.